The normalized spacial score (nSPS) is 20.1. The van der Waals surface area contributed by atoms with E-state index in [0.717, 1.165) is 24.9 Å². The van der Waals surface area contributed by atoms with Crippen molar-refractivity contribution >= 4 is 26.5 Å². The zero-order chi connectivity index (χ0) is 15.0. The van der Waals surface area contributed by atoms with Gasteiger partial charge in [0.15, 0.2) is 0 Å². The SMILES string of the molecule is CN1CCC(NS(=O)(=O)c2cccc3cc(N)ccc23)C1. The maximum absolute atomic E-state index is 12.6. The summed E-state index contributed by atoms with van der Waals surface area (Å²) < 4.78 is 28.1. The summed E-state index contributed by atoms with van der Waals surface area (Å²) >= 11 is 0. The fraction of sp³-hybridized carbons (Fsp3) is 0.333. The molecule has 5 nitrogen and oxygen atoms in total. The molecule has 1 atom stereocenters. The summed E-state index contributed by atoms with van der Waals surface area (Å²) in [6.45, 7) is 1.66. The number of hydrogen-bond acceptors (Lipinski definition) is 4. The van der Waals surface area contributed by atoms with E-state index in [0.29, 0.717) is 16.0 Å². The lowest BCUT2D eigenvalue weighted by Crippen LogP contribution is -2.36. The lowest BCUT2D eigenvalue weighted by Gasteiger charge is -2.15. The average Bonchev–Trinajstić information content (AvgIpc) is 2.82. The molecular formula is C15H19N3O2S. The first-order chi connectivity index (χ1) is 9.95. The standard InChI is InChI=1S/C15H19N3O2S/c1-18-8-7-13(10-18)17-21(19,20)15-4-2-3-11-9-12(16)5-6-14(11)15/h2-6,9,13,17H,7-8,10,16H2,1H3. The van der Waals surface area contributed by atoms with Crippen molar-refractivity contribution < 1.29 is 8.42 Å². The van der Waals surface area contributed by atoms with Gasteiger partial charge in [-0.15, -0.1) is 0 Å². The highest BCUT2D eigenvalue weighted by molar-refractivity contribution is 7.89. The van der Waals surface area contributed by atoms with Crippen LogP contribution in [0.2, 0.25) is 0 Å². The van der Waals surface area contributed by atoms with Crippen LogP contribution in [0.1, 0.15) is 6.42 Å². The van der Waals surface area contributed by atoms with Crippen molar-refractivity contribution in [2.45, 2.75) is 17.4 Å². The van der Waals surface area contributed by atoms with Crippen molar-refractivity contribution in [3.63, 3.8) is 0 Å². The number of likely N-dealkylation sites (tertiary alicyclic amines) is 1. The van der Waals surface area contributed by atoms with Crippen molar-refractivity contribution in [2.24, 2.45) is 0 Å². The van der Waals surface area contributed by atoms with Crippen LogP contribution in [-0.2, 0) is 10.0 Å². The lowest BCUT2D eigenvalue weighted by atomic mass is 10.1. The largest absolute Gasteiger partial charge is 0.399 e. The Bertz CT molecular complexity index is 774. The van der Waals surface area contributed by atoms with Gasteiger partial charge in [0, 0.05) is 23.7 Å². The van der Waals surface area contributed by atoms with Gasteiger partial charge in [-0.2, -0.15) is 0 Å². The van der Waals surface area contributed by atoms with E-state index in [1.807, 2.05) is 13.1 Å². The second-order valence-electron chi connectivity index (χ2n) is 5.61. The van der Waals surface area contributed by atoms with Crippen LogP contribution in [0, 0.1) is 0 Å². The Balaban J connectivity index is 1.99. The van der Waals surface area contributed by atoms with Crippen LogP contribution in [-0.4, -0.2) is 39.5 Å². The summed E-state index contributed by atoms with van der Waals surface area (Å²) in [6.07, 6.45) is 0.841. The molecule has 1 fully saturated rings. The van der Waals surface area contributed by atoms with Crippen LogP contribution in [0.25, 0.3) is 10.8 Å². The minimum atomic E-state index is -3.52. The molecular weight excluding hydrogens is 286 g/mol. The van der Waals surface area contributed by atoms with Crippen LogP contribution in [0.3, 0.4) is 0 Å². The van der Waals surface area contributed by atoms with Crippen LogP contribution in [0.15, 0.2) is 41.3 Å². The Kier molecular flexibility index (Phi) is 3.61. The summed E-state index contributed by atoms with van der Waals surface area (Å²) in [4.78, 5) is 2.44. The molecule has 1 heterocycles. The first kappa shape index (κ1) is 14.3. The van der Waals surface area contributed by atoms with Gasteiger partial charge in [0.05, 0.1) is 4.90 Å². The monoisotopic (exact) mass is 305 g/mol. The van der Waals surface area contributed by atoms with Gasteiger partial charge >= 0.3 is 0 Å². The fourth-order valence-electron chi connectivity index (χ4n) is 2.82. The van der Waals surface area contributed by atoms with E-state index >= 15 is 0 Å². The van der Waals surface area contributed by atoms with Crippen LogP contribution in [0.5, 0.6) is 0 Å². The molecule has 0 aromatic heterocycles. The number of nitrogens with zero attached hydrogens (tertiary/aromatic N) is 1. The van der Waals surface area contributed by atoms with E-state index in [9.17, 15) is 8.42 Å². The molecule has 3 N–H and O–H groups in total. The zero-order valence-corrected chi connectivity index (χ0v) is 12.7. The van der Waals surface area contributed by atoms with Crippen molar-refractivity contribution in [3.8, 4) is 0 Å². The number of nitrogens with one attached hydrogen (secondary N) is 1. The van der Waals surface area contributed by atoms with E-state index in [1.54, 1.807) is 30.3 Å². The van der Waals surface area contributed by atoms with Gasteiger partial charge in [0.1, 0.15) is 0 Å². The number of nitrogen functional groups attached to an aromatic ring is 1. The average molecular weight is 305 g/mol. The molecule has 0 saturated carbocycles. The van der Waals surface area contributed by atoms with Gasteiger partial charge in [0.2, 0.25) is 10.0 Å². The number of hydrogen-bond donors (Lipinski definition) is 2. The minimum Gasteiger partial charge on any atom is -0.399 e. The zero-order valence-electron chi connectivity index (χ0n) is 11.9. The molecule has 1 saturated heterocycles. The molecule has 6 heteroatoms. The summed E-state index contributed by atoms with van der Waals surface area (Å²) in [6, 6.07) is 10.5. The van der Waals surface area contributed by atoms with E-state index < -0.39 is 10.0 Å². The molecule has 2 aromatic rings. The molecule has 0 spiro atoms. The number of sulfonamides is 1. The number of likely N-dealkylation sites (N-methyl/N-ethyl adjacent to an activating group) is 1. The van der Waals surface area contributed by atoms with Crippen molar-refractivity contribution in [1.29, 1.82) is 0 Å². The molecule has 0 aliphatic carbocycles. The third kappa shape index (κ3) is 2.88. The predicted molar refractivity (Wildman–Crippen MR) is 84.6 cm³/mol. The number of fused-ring (bicyclic) bond motifs is 1. The predicted octanol–water partition coefficient (Wildman–Crippen LogP) is 1.40. The molecule has 21 heavy (non-hydrogen) atoms. The molecule has 2 aromatic carbocycles. The fourth-order valence-corrected chi connectivity index (χ4v) is 4.31. The smallest absolute Gasteiger partial charge is 0.241 e. The van der Waals surface area contributed by atoms with Gasteiger partial charge in [0.25, 0.3) is 0 Å². The highest BCUT2D eigenvalue weighted by Crippen LogP contribution is 2.25. The second kappa shape index (κ2) is 5.29. The number of rotatable bonds is 3. The summed E-state index contributed by atoms with van der Waals surface area (Å²) in [5.41, 5.74) is 6.39. The van der Waals surface area contributed by atoms with Crippen molar-refractivity contribution in [3.05, 3.63) is 36.4 Å². The number of nitrogens with two attached hydrogens (primary N) is 1. The first-order valence-electron chi connectivity index (χ1n) is 6.95. The molecule has 0 radical (unpaired) electrons. The third-order valence-corrected chi connectivity index (χ3v) is 5.45. The topological polar surface area (TPSA) is 75.4 Å². The summed E-state index contributed by atoms with van der Waals surface area (Å²) in [5, 5.41) is 1.53. The maximum atomic E-state index is 12.6. The quantitative estimate of drug-likeness (QED) is 0.841. The molecule has 1 aliphatic rings. The van der Waals surface area contributed by atoms with E-state index in [2.05, 4.69) is 9.62 Å². The minimum absolute atomic E-state index is 0.0240. The number of benzene rings is 2. The number of anilines is 1. The Morgan fingerprint density at radius 3 is 2.81 bits per heavy atom. The lowest BCUT2D eigenvalue weighted by molar-refractivity contribution is 0.407. The van der Waals surface area contributed by atoms with Gasteiger partial charge in [-0.25, -0.2) is 13.1 Å². The van der Waals surface area contributed by atoms with E-state index in [1.165, 1.54) is 0 Å². The summed E-state index contributed by atoms with van der Waals surface area (Å²) in [5.74, 6) is 0. The highest BCUT2D eigenvalue weighted by atomic mass is 32.2. The van der Waals surface area contributed by atoms with Crippen molar-refractivity contribution in [2.75, 3.05) is 25.9 Å². The Morgan fingerprint density at radius 1 is 1.29 bits per heavy atom. The first-order valence-corrected chi connectivity index (χ1v) is 8.43. The van der Waals surface area contributed by atoms with Gasteiger partial charge < -0.3 is 10.6 Å². The van der Waals surface area contributed by atoms with Crippen LogP contribution < -0.4 is 10.5 Å². The molecule has 3 rings (SSSR count). The summed E-state index contributed by atoms with van der Waals surface area (Å²) in [7, 11) is -1.53. The second-order valence-corrected chi connectivity index (χ2v) is 7.29. The molecule has 0 bridgehead atoms. The Labute approximate surface area is 124 Å². The van der Waals surface area contributed by atoms with Crippen LogP contribution in [0.4, 0.5) is 5.69 Å². The third-order valence-electron chi connectivity index (χ3n) is 3.87. The maximum Gasteiger partial charge on any atom is 0.241 e. The molecule has 1 unspecified atom stereocenters. The van der Waals surface area contributed by atoms with Gasteiger partial charge in [-0.3, -0.25) is 0 Å². The Hall–Kier alpha value is -1.63. The van der Waals surface area contributed by atoms with Crippen LogP contribution >= 0.6 is 0 Å². The van der Waals surface area contributed by atoms with Gasteiger partial charge in [-0.05, 0) is 43.6 Å². The van der Waals surface area contributed by atoms with E-state index in [4.69, 9.17) is 5.73 Å². The molecule has 0 amide bonds. The van der Waals surface area contributed by atoms with E-state index in [-0.39, 0.29) is 6.04 Å². The molecule has 112 valence electrons. The van der Waals surface area contributed by atoms with Gasteiger partial charge in [-0.1, -0.05) is 18.2 Å². The molecule has 1 aliphatic heterocycles. The highest BCUT2D eigenvalue weighted by Gasteiger charge is 2.26. The van der Waals surface area contributed by atoms with Crippen molar-refractivity contribution in [1.82, 2.24) is 9.62 Å². The Morgan fingerprint density at radius 2 is 2.10 bits per heavy atom.